The van der Waals surface area contributed by atoms with Gasteiger partial charge in [0.05, 0.1) is 42.8 Å². The molecule has 0 bridgehead atoms. The van der Waals surface area contributed by atoms with Crippen molar-refractivity contribution in [2.75, 3.05) is 32.2 Å². The molecular weight excluding hydrogens is 527 g/mol. The zero-order valence-electron chi connectivity index (χ0n) is 22.8. The standard InChI is InChI=1S/C30H31FN6O4/c1-30(28(38)33-15-18-6-7-18)16-40-27(41-17-30)26-36-24(19-8-10-20(31)11-9-19)25(37-26)23-12-13-32-29(35-23)34-21-4-3-5-22(14-21)39-2/h3-5,8-14,18,27H,6-7,15-17H2,1-2H3,(H,33,38)(H,36,37)(H,32,34,35). The highest BCUT2D eigenvalue weighted by Crippen LogP contribution is 2.36. The molecule has 0 atom stereocenters. The average Bonchev–Trinajstić information content (AvgIpc) is 3.72. The van der Waals surface area contributed by atoms with Gasteiger partial charge in [0, 0.05) is 30.1 Å². The SMILES string of the molecule is COc1cccc(Nc2nccc(-c3[nH]c(C4OCC(C)(C(=O)NCC5CC5)CO4)nc3-c3ccc(F)cc3)n2)c1. The number of ether oxygens (including phenoxy) is 3. The third-order valence-corrected chi connectivity index (χ3v) is 7.20. The second-order valence-corrected chi connectivity index (χ2v) is 10.6. The number of carbonyl (C=O) groups excluding carboxylic acids is 1. The predicted octanol–water partition coefficient (Wildman–Crippen LogP) is 5.00. The largest absolute Gasteiger partial charge is 0.497 e. The summed E-state index contributed by atoms with van der Waals surface area (Å²) in [5.74, 6) is 1.64. The Kier molecular flexibility index (Phi) is 7.38. The van der Waals surface area contributed by atoms with Gasteiger partial charge in [-0.3, -0.25) is 4.79 Å². The highest BCUT2D eigenvalue weighted by atomic mass is 19.1. The van der Waals surface area contributed by atoms with Crippen molar-refractivity contribution in [1.29, 1.82) is 0 Å². The van der Waals surface area contributed by atoms with Crippen LogP contribution in [0.25, 0.3) is 22.6 Å². The summed E-state index contributed by atoms with van der Waals surface area (Å²) in [6.45, 7) is 2.88. The Morgan fingerprint density at radius 1 is 1.12 bits per heavy atom. The summed E-state index contributed by atoms with van der Waals surface area (Å²) in [5, 5.41) is 6.21. The van der Waals surface area contributed by atoms with Crippen molar-refractivity contribution in [3.63, 3.8) is 0 Å². The third-order valence-electron chi connectivity index (χ3n) is 7.20. The number of hydrogen-bond donors (Lipinski definition) is 3. The minimum absolute atomic E-state index is 0.0768. The molecule has 3 heterocycles. The van der Waals surface area contributed by atoms with Gasteiger partial charge in [-0.15, -0.1) is 0 Å². The van der Waals surface area contributed by atoms with Crippen LogP contribution in [0.1, 0.15) is 31.9 Å². The van der Waals surface area contributed by atoms with Crippen molar-refractivity contribution in [3.8, 4) is 28.4 Å². The molecule has 3 N–H and O–H groups in total. The number of rotatable bonds is 9. The number of halogens is 1. The normalized spacial score (nSPS) is 20.4. The fourth-order valence-corrected chi connectivity index (χ4v) is 4.56. The fraction of sp³-hybridized carbons (Fsp3) is 0.333. The minimum atomic E-state index is -0.816. The van der Waals surface area contributed by atoms with Crippen LogP contribution in [0.15, 0.2) is 60.8 Å². The number of nitrogens with zero attached hydrogens (tertiary/aromatic N) is 3. The lowest BCUT2D eigenvalue weighted by Gasteiger charge is -2.35. The average molecular weight is 559 g/mol. The molecule has 1 saturated carbocycles. The summed E-state index contributed by atoms with van der Waals surface area (Å²) in [5.41, 5.74) is 2.35. The van der Waals surface area contributed by atoms with E-state index in [0.29, 0.717) is 52.6 Å². The minimum Gasteiger partial charge on any atom is -0.497 e. The van der Waals surface area contributed by atoms with Crippen LogP contribution in [0.3, 0.4) is 0 Å². The van der Waals surface area contributed by atoms with E-state index in [9.17, 15) is 9.18 Å². The second-order valence-electron chi connectivity index (χ2n) is 10.6. The first-order valence-corrected chi connectivity index (χ1v) is 13.5. The van der Waals surface area contributed by atoms with Crippen LogP contribution in [0.5, 0.6) is 5.75 Å². The lowest BCUT2D eigenvalue weighted by Crippen LogP contribution is -2.49. The summed E-state index contributed by atoms with van der Waals surface area (Å²) in [6.07, 6.45) is 3.14. The van der Waals surface area contributed by atoms with Crippen molar-refractivity contribution >= 4 is 17.5 Å². The fourth-order valence-electron chi connectivity index (χ4n) is 4.56. The van der Waals surface area contributed by atoms with E-state index in [1.807, 2.05) is 31.2 Å². The second kappa shape index (κ2) is 11.3. The highest BCUT2D eigenvalue weighted by molar-refractivity contribution is 5.82. The molecule has 6 rings (SSSR count). The molecule has 2 aromatic heterocycles. The molecule has 2 fully saturated rings. The molecule has 2 aliphatic rings. The zero-order chi connectivity index (χ0) is 28.4. The van der Waals surface area contributed by atoms with Gasteiger partial charge in [0.15, 0.2) is 5.82 Å². The van der Waals surface area contributed by atoms with Gasteiger partial charge < -0.3 is 29.8 Å². The maximum absolute atomic E-state index is 13.7. The number of aromatic amines is 1. The lowest BCUT2D eigenvalue weighted by molar-refractivity contribution is -0.231. The Morgan fingerprint density at radius 3 is 2.63 bits per heavy atom. The number of nitrogens with one attached hydrogen (secondary N) is 3. The van der Waals surface area contributed by atoms with E-state index in [1.165, 1.54) is 12.1 Å². The zero-order valence-corrected chi connectivity index (χ0v) is 22.8. The molecule has 1 aliphatic carbocycles. The van der Waals surface area contributed by atoms with E-state index < -0.39 is 11.7 Å². The van der Waals surface area contributed by atoms with Gasteiger partial charge in [0.25, 0.3) is 0 Å². The van der Waals surface area contributed by atoms with E-state index >= 15 is 0 Å². The molecule has 4 aromatic rings. The molecule has 11 heteroatoms. The van der Waals surface area contributed by atoms with Gasteiger partial charge in [-0.2, -0.15) is 0 Å². The summed E-state index contributed by atoms with van der Waals surface area (Å²) >= 11 is 0. The molecule has 212 valence electrons. The van der Waals surface area contributed by atoms with E-state index in [1.54, 1.807) is 31.5 Å². The van der Waals surface area contributed by atoms with E-state index in [4.69, 9.17) is 24.2 Å². The molecule has 1 saturated heterocycles. The van der Waals surface area contributed by atoms with Crippen LogP contribution < -0.4 is 15.4 Å². The molecule has 41 heavy (non-hydrogen) atoms. The van der Waals surface area contributed by atoms with Crippen LogP contribution in [-0.4, -0.2) is 52.7 Å². The quantitative estimate of drug-likeness (QED) is 0.262. The number of hydrogen-bond acceptors (Lipinski definition) is 8. The number of methoxy groups -OCH3 is 1. The Labute approximate surface area is 236 Å². The van der Waals surface area contributed by atoms with Crippen molar-refractivity contribution in [2.24, 2.45) is 11.3 Å². The Morgan fingerprint density at radius 2 is 1.90 bits per heavy atom. The van der Waals surface area contributed by atoms with Crippen molar-refractivity contribution in [2.45, 2.75) is 26.1 Å². The summed E-state index contributed by atoms with van der Waals surface area (Å²) in [6, 6.07) is 15.3. The van der Waals surface area contributed by atoms with Crippen molar-refractivity contribution in [3.05, 3.63) is 72.4 Å². The van der Waals surface area contributed by atoms with Crippen LogP contribution in [0.2, 0.25) is 0 Å². The molecule has 2 aromatic carbocycles. The summed E-state index contributed by atoms with van der Waals surface area (Å²) < 4.78 is 31.1. The number of H-pyrrole nitrogens is 1. The van der Waals surface area contributed by atoms with Crippen LogP contribution in [0, 0.1) is 17.2 Å². The van der Waals surface area contributed by atoms with Gasteiger partial charge in [-0.05, 0) is 68.1 Å². The predicted molar refractivity (Wildman–Crippen MR) is 150 cm³/mol. The number of carbonyl (C=O) groups is 1. The molecular formula is C30H31FN6O4. The highest BCUT2D eigenvalue weighted by Gasteiger charge is 2.41. The summed E-state index contributed by atoms with van der Waals surface area (Å²) in [7, 11) is 1.60. The molecule has 1 amide bonds. The first kappa shape index (κ1) is 26.9. The van der Waals surface area contributed by atoms with Gasteiger partial charge in [-0.25, -0.2) is 19.3 Å². The topological polar surface area (TPSA) is 123 Å². The number of amides is 1. The number of imidazole rings is 1. The van der Waals surface area contributed by atoms with E-state index in [-0.39, 0.29) is 24.9 Å². The van der Waals surface area contributed by atoms with Gasteiger partial charge in [0.1, 0.15) is 11.6 Å². The Balaban J connectivity index is 1.26. The lowest BCUT2D eigenvalue weighted by atomic mass is 9.91. The monoisotopic (exact) mass is 558 g/mol. The number of aromatic nitrogens is 4. The van der Waals surface area contributed by atoms with Crippen molar-refractivity contribution < 1.29 is 23.4 Å². The molecule has 10 nitrogen and oxygen atoms in total. The van der Waals surface area contributed by atoms with Crippen molar-refractivity contribution in [1.82, 2.24) is 25.3 Å². The van der Waals surface area contributed by atoms with Crippen LogP contribution >= 0.6 is 0 Å². The Hall–Kier alpha value is -4.35. The van der Waals surface area contributed by atoms with E-state index in [0.717, 1.165) is 18.5 Å². The van der Waals surface area contributed by atoms with E-state index in [2.05, 4.69) is 20.6 Å². The molecule has 0 radical (unpaired) electrons. The third kappa shape index (κ3) is 6.06. The summed E-state index contributed by atoms with van der Waals surface area (Å²) in [4.78, 5) is 29.9. The number of anilines is 2. The first-order valence-electron chi connectivity index (χ1n) is 13.5. The molecule has 0 unspecified atom stereocenters. The first-order chi connectivity index (χ1) is 19.9. The smallest absolute Gasteiger partial charge is 0.230 e. The Bertz CT molecular complexity index is 1530. The number of benzene rings is 2. The molecule has 0 spiro atoms. The maximum atomic E-state index is 13.7. The van der Waals surface area contributed by atoms with Crippen LogP contribution in [0.4, 0.5) is 16.0 Å². The molecule has 1 aliphatic heterocycles. The van der Waals surface area contributed by atoms with Gasteiger partial charge in [0.2, 0.25) is 18.1 Å². The maximum Gasteiger partial charge on any atom is 0.230 e. The van der Waals surface area contributed by atoms with Gasteiger partial charge in [-0.1, -0.05) is 6.07 Å². The van der Waals surface area contributed by atoms with Gasteiger partial charge >= 0.3 is 0 Å². The van der Waals surface area contributed by atoms with Crippen LogP contribution in [-0.2, 0) is 14.3 Å².